The number of hydrogen-bond donors (Lipinski definition) is 2. The molecule has 8 nitrogen and oxygen atoms in total. The SMILES string of the molecule is C[C@H](NC(=O)c1ccc(Cl)cc1)C(=O)OCC(=O)N1CC(=O)Nc2ccccc21. The molecular weight excluding hydrogens is 398 g/mol. The summed E-state index contributed by atoms with van der Waals surface area (Å²) in [6, 6.07) is 12.0. The molecule has 3 amide bonds. The van der Waals surface area contributed by atoms with Crippen molar-refractivity contribution in [2.75, 3.05) is 23.4 Å². The third-order valence-corrected chi connectivity index (χ3v) is 4.47. The van der Waals surface area contributed by atoms with Gasteiger partial charge in [-0.2, -0.15) is 0 Å². The summed E-state index contributed by atoms with van der Waals surface area (Å²) in [5.74, 6) is -2.13. The fourth-order valence-corrected chi connectivity index (χ4v) is 2.86. The summed E-state index contributed by atoms with van der Waals surface area (Å²) >= 11 is 5.78. The van der Waals surface area contributed by atoms with Gasteiger partial charge in [-0.05, 0) is 43.3 Å². The van der Waals surface area contributed by atoms with E-state index in [-0.39, 0.29) is 12.5 Å². The summed E-state index contributed by atoms with van der Waals surface area (Å²) in [4.78, 5) is 49.8. The normalized spacial score (nSPS) is 13.7. The molecule has 0 aromatic heterocycles. The van der Waals surface area contributed by atoms with Gasteiger partial charge in [0.25, 0.3) is 11.8 Å². The van der Waals surface area contributed by atoms with Crippen molar-refractivity contribution in [3.8, 4) is 0 Å². The van der Waals surface area contributed by atoms with E-state index in [0.29, 0.717) is 22.0 Å². The summed E-state index contributed by atoms with van der Waals surface area (Å²) in [5.41, 5.74) is 1.37. The number of hydrogen-bond acceptors (Lipinski definition) is 5. The molecule has 2 aromatic carbocycles. The summed E-state index contributed by atoms with van der Waals surface area (Å²) in [5, 5.41) is 5.65. The van der Waals surface area contributed by atoms with Crippen LogP contribution in [0.1, 0.15) is 17.3 Å². The number of halogens is 1. The standard InChI is InChI=1S/C20H18ClN3O5/c1-12(22-19(27)13-6-8-14(21)9-7-13)20(28)29-11-18(26)24-10-17(25)23-15-4-2-3-5-16(15)24/h2-9,12H,10-11H2,1H3,(H,22,27)(H,23,25)/t12-/m0/s1. The second-order valence-corrected chi connectivity index (χ2v) is 6.79. The van der Waals surface area contributed by atoms with E-state index >= 15 is 0 Å². The molecule has 1 aliphatic heterocycles. The summed E-state index contributed by atoms with van der Waals surface area (Å²) in [6.07, 6.45) is 0. The maximum absolute atomic E-state index is 12.5. The van der Waals surface area contributed by atoms with Gasteiger partial charge in [-0.15, -0.1) is 0 Å². The molecule has 0 bridgehead atoms. The van der Waals surface area contributed by atoms with E-state index in [1.165, 1.54) is 24.0 Å². The minimum atomic E-state index is -0.970. The third-order valence-electron chi connectivity index (χ3n) is 4.22. The van der Waals surface area contributed by atoms with Crippen molar-refractivity contribution in [2.24, 2.45) is 0 Å². The van der Waals surface area contributed by atoms with E-state index in [1.807, 2.05) is 0 Å². The summed E-state index contributed by atoms with van der Waals surface area (Å²) in [7, 11) is 0. The maximum Gasteiger partial charge on any atom is 0.328 e. The molecule has 29 heavy (non-hydrogen) atoms. The van der Waals surface area contributed by atoms with Crippen LogP contribution in [0.15, 0.2) is 48.5 Å². The minimum Gasteiger partial charge on any atom is -0.454 e. The number of rotatable bonds is 5. The molecule has 0 radical (unpaired) electrons. The molecule has 2 N–H and O–H groups in total. The van der Waals surface area contributed by atoms with Gasteiger partial charge in [-0.1, -0.05) is 23.7 Å². The number of nitrogens with one attached hydrogen (secondary N) is 2. The largest absolute Gasteiger partial charge is 0.454 e. The van der Waals surface area contributed by atoms with Gasteiger partial charge in [0.2, 0.25) is 5.91 Å². The lowest BCUT2D eigenvalue weighted by molar-refractivity contribution is -0.149. The number of amides is 3. The van der Waals surface area contributed by atoms with Gasteiger partial charge in [0.1, 0.15) is 12.6 Å². The zero-order chi connectivity index (χ0) is 21.0. The van der Waals surface area contributed by atoms with E-state index < -0.39 is 30.4 Å². The first-order valence-corrected chi connectivity index (χ1v) is 9.15. The molecule has 0 saturated carbocycles. The lowest BCUT2D eigenvalue weighted by Crippen LogP contribution is -2.45. The molecule has 1 heterocycles. The molecule has 0 saturated heterocycles. The monoisotopic (exact) mass is 415 g/mol. The van der Waals surface area contributed by atoms with Crippen molar-refractivity contribution in [2.45, 2.75) is 13.0 Å². The third kappa shape index (κ3) is 4.91. The molecule has 3 rings (SSSR count). The first-order chi connectivity index (χ1) is 13.8. The molecule has 150 valence electrons. The Morgan fingerprint density at radius 3 is 2.59 bits per heavy atom. The number of benzene rings is 2. The van der Waals surface area contributed by atoms with E-state index in [0.717, 1.165) is 0 Å². The van der Waals surface area contributed by atoms with Gasteiger partial charge in [-0.25, -0.2) is 4.79 Å². The van der Waals surface area contributed by atoms with Crippen LogP contribution in [-0.2, 0) is 19.1 Å². The van der Waals surface area contributed by atoms with Gasteiger partial charge in [-0.3, -0.25) is 19.3 Å². The van der Waals surface area contributed by atoms with Crippen LogP contribution in [0, 0.1) is 0 Å². The molecule has 0 spiro atoms. The highest BCUT2D eigenvalue weighted by atomic mass is 35.5. The number of anilines is 2. The van der Waals surface area contributed by atoms with Crippen LogP contribution in [0.5, 0.6) is 0 Å². The smallest absolute Gasteiger partial charge is 0.328 e. The van der Waals surface area contributed by atoms with E-state index in [4.69, 9.17) is 16.3 Å². The van der Waals surface area contributed by atoms with E-state index in [9.17, 15) is 19.2 Å². The Kier molecular flexibility index (Phi) is 6.13. The average Bonchev–Trinajstić information content (AvgIpc) is 2.71. The topological polar surface area (TPSA) is 105 Å². The first kappa shape index (κ1) is 20.3. The van der Waals surface area contributed by atoms with Crippen molar-refractivity contribution in [1.29, 1.82) is 0 Å². The van der Waals surface area contributed by atoms with Crippen LogP contribution in [0.3, 0.4) is 0 Å². The molecule has 0 unspecified atom stereocenters. The Morgan fingerprint density at radius 2 is 1.86 bits per heavy atom. The van der Waals surface area contributed by atoms with Crippen LogP contribution in [0.25, 0.3) is 0 Å². The van der Waals surface area contributed by atoms with Crippen LogP contribution in [0.2, 0.25) is 5.02 Å². The number of fused-ring (bicyclic) bond motifs is 1. The predicted octanol–water partition coefficient (Wildman–Crippen LogP) is 1.99. The van der Waals surface area contributed by atoms with Crippen molar-refractivity contribution in [3.05, 3.63) is 59.1 Å². The lowest BCUT2D eigenvalue weighted by atomic mass is 10.2. The second-order valence-electron chi connectivity index (χ2n) is 6.35. The summed E-state index contributed by atoms with van der Waals surface area (Å²) < 4.78 is 5.03. The van der Waals surface area contributed by atoms with Crippen LogP contribution in [-0.4, -0.2) is 42.9 Å². The highest BCUT2D eigenvalue weighted by molar-refractivity contribution is 6.30. The first-order valence-electron chi connectivity index (χ1n) is 8.77. The molecular formula is C20H18ClN3O5. The molecule has 0 fully saturated rings. The number of para-hydroxylation sites is 2. The molecule has 2 aromatic rings. The Bertz CT molecular complexity index is 961. The number of carbonyl (C=O) groups excluding carboxylic acids is 4. The number of nitrogens with zero attached hydrogens (tertiary/aromatic N) is 1. The zero-order valence-electron chi connectivity index (χ0n) is 15.5. The molecule has 0 aliphatic carbocycles. The van der Waals surface area contributed by atoms with Crippen molar-refractivity contribution in [3.63, 3.8) is 0 Å². The Morgan fingerprint density at radius 1 is 1.17 bits per heavy atom. The van der Waals surface area contributed by atoms with Gasteiger partial charge in [0.05, 0.1) is 11.4 Å². The predicted molar refractivity (Wildman–Crippen MR) is 107 cm³/mol. The average molecular weight is 416 g/mol. The van der Waals surface area contributed by atoms with Crippen molar-refractivity contribution >= 4 is 46.7 Å². The highest BCUT2D eigenvalue weighted by Crippen LogP contribution is 2.28. The Hall–Kier alpha value is -3.39. The minimum absolute atomic E-state index is 0.170. The fraction of sp³-hybridized carbons (Fsp3) is 0.200. The molecule has 1 atom stereocenters. The Labute approximate surface area is 171 Å². The number of ether oxygens (including phenoxy) is 1. The van der Waals surface area contributed by atoms with Gasteiger partial charge >= 0.3 is 5.97 Å². The lowest BCUT2D eigenvalue weighted by Gasteiger charge is -2.29. The second kappa shape index (κ2) is 8.74. The van der Waals surface area contributed by atoms with Gasteiger partial charge < -0.3 is 15.4 Å². The van der Waals surface area contributed by atoms with E-state index in [2.05, 4.69) is 10.6 Å². The van der Waals surface area contributed by atoms with Crippen LogP contribution < -0.4 is 15.5 Å². The molecule has 1 aliphatic rings. The van der Waals surface area contributed by atoms with Gasteiger partial charge in [0.15, 0.2) is 6.61 Å². The number of esters is 1. The van der Waals surface area contributed by atoms with Crippen molar-refractivity contribution in [1.82, 2.24) is 5.32 Å². The van der Waals surface area contributed by atoms with Gasteiger partial charge in [0, 0.05) is 10.6 Å². The summed E-state index contributed by atoms with van der Waals surface area (Å²) in [6.45, 7) is 0.724. The zero-order valence-corrected chi connectivity index (χ0v) is 16.2. The van der Waals surface area contributed by atoms with Crippen LogP contribution >= 0.6 is 11.6 Å². The number of carbonyl (C=O) groups is 4. The van der Waals surface area contributed by atoms with Crippen LogP contribution in [0.4, 0.5) is 11.4 Å². The maximum atomic E-state index is 12.5. The quantitative estimate of drug-likeness (QED) is 0.726. The molecule has 9 heteroatoms. The van der Waals surface area contributed by atoms with E-state index in [1.54, 1.807) is 36.4 Å². The Balaban J connectivity index is 1.56. The van der Waals surface area contributed by atoms with Crippen molar-refractivity contribution < 1.29 is 23.9 Å². The highest BCUT2D eigenvalue weighted by Gasteiger charge is 2.28. The fourth-order valence-electron chi connectivity index (χ4n) is 2.73.